The number of nitrogens with zero attached hydrogens (tertiary/aromatic N) is 1. The van der Waals surface area contributed by atoms with E-state index in [4.69, 9.17) is 0 Å². The maximum atomic E-state index is 12.0. The van der Waals surface area contributed by atoms with Crippen LogP contribution in [0.25, 0.3) is 0 Å². The molecule has 0 spiro atoms. The van der Waals surface area contributed by atoms with E-state index in [1.54, 1.807) is 0 Å². The van der Waals surface area contributed by atoms with Crippen LogP contribution in [-0.2, 0) is 6.42 Å². The van der Waals surface area contributed by atoms with Crippen molar-refractivity contribution in [1.29, 1.82) is 0 Å². The van der Waals surface area contributed by atoms with E-state index in [2.05, 4.69) is 10.3 Å². The third kappa shape index (κ3) is 3.14. The van der Waals surface area contributed by atoms with Gasteiger partial charge < -0.3 is 15.2 Å². The first kappa shape index (κ1) is 14.5. The van der Waals surface area contributed by atoms with Crippen molar-refractivity contribution in [3.8, 4) is 0 Å². The average molecular weight is 277 g/mol. The number of carbonyl (C=O) groups is 2. The summed E-state index contributed by atoms with van der Waals surface area (Å²) in [5, 5.41) is 2.68. The summed E-state index contributed by atoms with van der Waals surface area (Å²) in [4.78, 5) is 40.3. The lowest BCUT2D eigenvalue weighted by atomic mass is 9.93. The highest BCUT2D eigenvalue weighted by Crippen LogP contribution is 2.18. The van der Waals surface area contributed by atoms with Crippen LogP contribution in [0.3, 0.4) is 0 Å². The molecule has 0 aliphatic heterocycles. The fraction of sp³-hybridized carbons (Fsp3) is 0.500. The van der Waals surface area contributed by atoms with Crippen molar-refractivity contribution in [2.45, 2.75) is 19.3 Å². The second-order valence-electron chi connectivity index (χ2n) is 5.24. The lowest BCUT2D eigenvalue weighted by Gasteiger charge is -2.15. The number of Topliss-reactive ketones (excluding diaryl/α,β-unsaturated/α-hetero) is 1. The number of rotatable bonds is 4. The molecule has 2 N–H and O–H groups in total. The van der Waals surface area contributed by atoms with Crippen molar-refractivity contribution in [1.82, 2.24) is 15.2 Å². The molecule has 0 unspecified atom stereocenters. The zero-order chi connectivity index (χ0) is 14.7. The number of pyridine rings is 1. The summed E-state index contributed by atoms with van der Waals surface area (Å²) in [6, 6.07) is 1.43. The molecule has 108 valence electrons. The molecule has 1 aromatic rings. The van der Waals surface area contributed by atoms with Crippen LogP contribution in [0.1, 0.15) is 39.3 Å². The van der Waals surface area contributed by atoms with E-state index < -0.39 is 11.5 Å². The van der Waals surface area contributed by atoms with Crippen molar-refractivity contribution in [2.75, 3.05) is 27.2 Å². The van der Waals surface area contributed by atoms with Gasteiger partial charge in [0.05, 0.1) is 0 Å². The van der Waals surface area contributed by atoms with Gasteiger partial charge in [-0.05, 0) is 33.0 Å². The molecule has 0 fully saturated rings. The van der Waals surface area contributed by atoms with Crippen molar-refractivity contribution >= 4 is 11.7 Å². The van der Waals surface area contributed by atoms with Crippen LogP contribution in [0.4, 0.5) is 0 Å². The minimum atomic E-state index is -0.436. The first-order chi connectivity index (χ1) is 9.49. The van der Waals surface area contributed by atoms with Crippen LogP contribution >= 0.6 is 0 Å². The number of nitrogens with one attached hydrogen (secondary N) is 2. The van der Waals surface area contributed by atoms with Crippen LogP contribution in [0.15, 0.2) is 10.9 Å². The fourth-order valence-corrected chi connectivity index (χ4v) is 2.23. The Morgan fingerprint density at radius 1 is 1.35 bits per heavy atom. The van der Waals surface area contributed by atoms with E-state index in [1.807, 2.05) is 19.0 Å². The Bertz CT molecular complexity index is 590. The van der Waals surface area contributed by atoms with Gasteiger partial charge in [0.1, 0.15) is 5.56 Å². The molecule has 20 heavy (non-hydrogen) atoms. The van der Waals surface area contributed by atoms with Gasteiger partial charge in [-0.2, -0.15) is 0 Å². The number of ketones is 1. The Kier molecular flexibility index (Phi) is 4.34. The smallest absolute Gasteiger partial charge is 0.261 e. The second kappa shape index (κ2) is 6.00. The number of aromatic amines is 1. The Hall–Kier alpha value is -1.95. The van der Waals surface area contributed by atoms with Gasteiger partial charge >= 0.3 is 0 Å². The molecule has 0 saturated heterocycles. The van der Waals surface area contributed by atoms with Gasteiger partial charge in [-0.25, -0.2) is 0 Å². The zero-order valence-corrected chi connectivity index (χ0v) is 11.8. The number of likely N-dealkylation sites (N-methyl/N-ethyl adjacent to an activating group) is 1. The molecule has 1 aromatic heterocycles. The van der Waals surface area contributed by atoms with Gasteiger partial charge in [-0.15, -0.1) is 0 Å². The minimum Gasteiger partial charge on any atom is -0.351 e. The number of amides is 1. The molecule has 6 nitrogen and oxygen atoms in total. The van der Waals surface area contributed by atoms with Gasteiger partial charge in [0.15, 0.2) is 5.78 Å². The SMILES string of the molecule is CN(C)CCNC(=O)c1cc2c([nH]c1=O)CCCC2=O. The molecule has 0 bridgehead atoms. The number of fused-ring (bicyclic) bond motifs is 1. The number of H-pyrrole nitrogens is 1. The predicted octanol–water partition coefficient (Wildman–Crippen LogP) is 0.185. The van der Waals surface area contributed by atoms with E-state index in [1.165, 1.54) is 6.07 Å². The fourth-order valence-electron chi connectivity index (χ4n) is 2.23. The van der Waals surface area contributed by atoms with Crippen LogP contribution in [0.5, 0.6) is 0 Å². The van der Waals surface area contributed by atoms with Crippen LogP contribution in [-0.4, -0.2) is 48.8 Å². The third-order valence-electron chi connectivity index (χ3n) is 3.34. The lowest BCUT2D eigenvalue weighted by Crippen LogP contribution is -2.35. The zero-order valence-electron chi connectivity index (χ0n) is 11.8. The maximum absolute atomic E-state index is 12.0. The highest BCUT2D eigenvalue weighted by molar-refractivity contribution is 6.01. The summed E-state index contributed by atoms with van der Waals surface area (Å²) in [6.45, 7) is 1.14. The molecule has 0 aromatic carbocycles. The average Bonchev–Trinajstić information content (AvgIpc) is 2.37. The predicted molar refractivity (Wildman–Crippen MR) is 75.2 cm³/mol. The van der Waals surface area contributed by atoms with Gasteiger partial charge in [0, 0.05) is 30.8 Å². The Balaban J connectivity index is 2.20. The van der Waals surface area contributed by atoms with Gasteiger partial charge in [0.25, 0.3) is 11.5 Å². The minimum absolute atomic E-state index is 0.00941. The summed E-state index contributed by atoms with van der Waals surface area (Å²) in [5.74, 6) is -0.445. The normalized spacial score (nSPS) is 14.2. The lowest BCUT2D eigenvalue weighted by molar-refractivity contribution is 0.0949. The molecule has 2 rings (SSSR count). The van der Waals surface area contributed by atoms with Crippen LogP contribution in [0, 0.1) is 0 Å². The quantitative estimate of drug-likeness (QED) is 0.823. The molecule has 0 saturated carbocycles. The van der Waals surface area contributed by atoms with E-state index >= 15 is 0 Å². The Morgan fingerprint density at radius 2 is 2.10 bits per heavy atom. The van der Waals surface area contributed by atoms with E-state index in [9.17, 15) is 14.4 Å². The Morgan fingerprint density at radius 3 is 2.80 bits per heavy atom. The first-order valence-corrected chi connectivity index (χ1v) is 6.71. The number of aromatic nitrogens is 1. The number of hydrogen-bond donors (Lipinski definition) is 2. The molecule has 1 heterocycles. The van der Waals surface area contributed by atoms with E-state index in [0.29, 0.717) is 37.2 Å². The largest absolute Gasteiger partial charge is 0.351 e. The van der Waals surface area contributed by atoms with E-state index in [-0.39, 0.29) is 11.3 Å². The van der Waals surface area contributed by atoms with Crippen LogP contribution < -0.4 is 10.9 Å². The summed E-state index contributed by atoms with van der Waals surface area (Å²) < 4.78 is 0. The van der Waals surface area contributed by atoms with Crippen molar-refractivity contribution < 1.29 is 9.59 Å². The summed E-state index contributed by atoms with van der Waals surface area (Å²) >= 11 is 0. The topological polar surface area (TPSA) is 82.3 Å². The standard InChI is InChI=1S/C14H19N3O3/c1-17(2)7-6-15-13(19)10-8-9-11(16-14(10)20)4-3-5-12(9)18/h8H,3-7H2,1-2H3,(H,15,19)(H,16,20). The van der Waals surface area contributed by atoms with Gasteiger partial charge in [-0.3, -0.25) is 14.4 Å². The van der Waals surface area contributed by atoms with Crippen LogP contribution in [0.2, 0.25) is 0 Å². The number of carbonyl (C=O) groups excluding carboxylic acids is 2. The highest BCUT2D eigenvalue weighted by Gasteiger charge is 2.21. The molecular weight excluding hydrogens is 258 g/mol. The van der Waals surface area contributed by atoms with Crippen molar-refractivity contribution in [3.63, 3.8) is 0 Å². The number of hydrogen-bond acceptors (Lipinski definition) is 4. The summed E-state index contributed by atoms with van der Waals surface area (Å²) in [7, 11) is 3.80. The molecule has 1 aliphatic rings. The molecular formula is C14H19N3O3. The second-order valence-corrected chi connectivity index (χ2v) is 5.24. The number of aryl methyl sites for hydroxylation is 1. The molecule has 0 atom stereocenters. The summed E-state index contributed by atoms with van der Waals surface area (Å²) in [6.07, 6.45) is 1.90. The first-order valence-electron chi connectivity index (χ1n) is 6.71. The monoisotopic (exact) mass is 277 g/mol. The van der Waals surface area contributed by atoms with Crippen molar-refractivity contribution in [2.24, 2.45) is 0 Å². The van der Waals surface area contributed by atoms with Gasteiger partial charge in [0.2, 0.25) is 0 Å². The molecule has 0 radical (unpaired) electrons. The maximum Gasteiger partial charge on any atom is 0.261 e. The molecule has 6 heteroatoms. The van der Waals surface area contributed by atoms with Crippen molar-refractivity contribution in [3.05, 3.63) is 33.2 Å². The van der Waals surface area contributed by atoms with Gasteiger partial charge in [-0.1, -0.05) is 0 Å². The third-order valence-corrected chi connectivity index (χ3v) is 3.34. The van der Waals surface area contributed by atoms with E-state index in [0.717, 1.165) is 6.42 Å². The molecule has 1 aliphatic carbocycles. The summed E-state index contributed by atoms with van der Waals surface area (Å²) in [5.41, 5.74) is 0.711. The highest BCUT2D eigenvalue weighted by atomic mass is 16.2. The molecule has 1 amide bonds. The Labute approximate surface area is 117 Å².